The summed E-state index contributed by atoms with van der Waals surface area (Å²) in [6.07, 6.45) is -15.1. The molecule has 2 aliphatic rings. The van der Waals surface area contributed by atoms with E-state index in [-0.39, 0.29) is 18.1 Å². The van der Waals surface area contributed by atoms with E-state index in [1.165, 1.54) is 68.5 Å². The maximum atomic E-state index is 13.5. The molecular weight excluding hydrogens is 668 g/mol. The Morgan fingerprint density at radius 2 is 1.32 bits per heavy atom. The molecule has 0 aromatic heterocycles. The van der Waals surface area contributed by atoms with Gasteiger partial charge in [0.1, 0.15) is 72.5 Å². The van der Waals surface area contributed by atoms with Gasteiger partial charge in [-0.3, -0.25) is 0 Å². The number of ether oxygens (including phenoxy) is 6. The zero-order valence-corrected chi connectivity index (χ0v) is 27.0. The molecule has 0 saturated carbocycles. The third-order valence-corrected chi connectivity index (χ3v) is 8.06. The molecule has 276 valence electrons. The molecule has 17 nitrogen and oxygen atoms in total. The smallest absolute Gasteiger partial charge is 0.350 e. The van der Waals surface area contributed by atoms with Crippen molar-refractivity contribution in [3.63, 3.8) is 0 Å². The van der Waals surface area contributed by atoms with Crippen molar-refractivity contribution in [3.05, 3.63) is 65.7 Å². The molecule has 2 heterocycles. The number of hydrogen-bond acceptors (Lipinski definition) is 17. The molecule has 4 rings (SSSR count). The Hall–Kier alpha value is -3.72. The summed E-state index contributed by atoms with van der Waals surface area (Å²) in [6.45, 7) is 0.919. The number of hydrogen-bond donors (Lipinski definition) is 9. The highest BCUT2D eigenvalue weighted by atomic mass is 16.7. The van der Waals surface area contributed by atoms with Crippen LogP contribution in [0.3, 0.4) is 0 Å². The molecule has 0 amide bonds. The lowest BCUT2D eigenvalue weighted by Gasteiger charge is -2.43. The highest BCUT2D eigenvalue weighted by Gasteiger charge is 2.50. The lowest BCUT2D eigenvalue weighted by atomic mass is 9.97. The van der Waals surface area contributed by atoms with Crippen LogP contribution in [0.4, 0.5) is 0 Å². The first-order chi connectivity index (χ1) is 23.6. The van der Waals surface area contributed by atoms with Crippen LogP contribution < -0.4 is 4.74 Å². The summed E-state index contributed by atoms with van der Waals surface area (Å²) in [4.78, 5) is 26.3. The predicted octanol–water partition coefficient (Wildman–Crippen LogP) is -2.17. The van der Waals surface area contributed by atoms with Gasteiger partial charge in [-0.05, 0) is 55.3 Å². The van der Waals surface area contributed by atoms with Gasteiger partial charge in [-0.1, -0.05) is 24.3 Å². The van der Waals surface area contributed by atoms with Crippen LogP contribution in [0.5, 0.6) is 11.5 Å². The summed E-state index contributed by atoms with van der Waals surface area (Å²) in [5.41, 5.74) is -0.866. The van der Waals surface area contributed by atoms with Crippen molar-refractivity contribution in [2.24, 2.45) is 0 Å². The number of benzene rings is 2. The van der Waals surface area contributed by atoms with Gasteiger partial charge in [0.15, 0.2) is 6.29 Å². The molecule has 2 saturated heterocycles. The minimum Gasteiger partial charge on any atom is -0.508 e. The van der Waals surface area contributed by atoms with Crippen LogP contribution >= 0.6 is 0 Å². The normalized spacial score (nSPS) is 30.8. The molecule has 0 spiro atoms. The van der Waals surface area contributed by atoms with Crippen molar-refractivity contribution in [2.45, 2.75) is 93.6 Å². The van der Waals surface area contributed by atoms with Gasteiger partial charge in [-0.2, -0.15) is 0 Å². The lowest BCUT2D eigenvalue weighted by Crippen LogP contribution is -2.62. The van der Waals surface area contributed by atoms with Crippen molar-refractivity contribution in [1.82, 2.24) is 0 Å². The molecule has 2 aliphatic heterocycles. The van der Waals surface area contributed by atoms with E-state index in [4.69, 9.17) is 28.4 Å². The van der Waals surface area contributed by atoms with Crippen molar-refractivity contribution in [1.29, 1.82) is 0 Å². The monoisotopic (exact) mass is 710 g/mol. The molecule has 0 bridgehead atoms. The number of aromatic hydroxyl groups is 1. The SMILES string of the molecule is CC(C)(O[C@@H]1O[C@H](CO)[C@@H](O)[C@H](O)[C@H]1O)[C@@H](OC(=O)/C=C/c1ccc(O)cc1)C(=O)OCc1ccc(O[C@@H]2O[C@H](CO)[C@@H](O)[C@H](O)[C@H]2O)cc1. The molecule has 11 atom stereocenters. The van der Waals surface area contributed by atoms with Crippen LogP contribution in [0, 0.1) is 0 Å². The fourth-order valence-corrected chi connectivity index (χ4v) is 5.10. The molecule has 50 heavy (non-hydrogen) atoms. The summed E-state index contributed by atoms with van der Waals surface area (Å²) in [5, 5.41) is 89.4. The summed E-state index contributed by atoms with van der Waals surface area (Å²) in [5.74, 6) is -1.92. The number of carbonyl (C=O) groups excluding carboxylic acids is 2. The molecule has 0 aliphatic carbocycles. The van der Waals surface area contributed by atoms with Gasteiger partial charge in [0.2, 0.25) is 12.4 Å². The van der Waals surface area contributed by atoms with Gasteiger partial charge in [0.25, 0.3) is 0 Å². The number of phenols is 1. The van der Waals surface area contributed by atoms with Crippen LogP contribution in [0.1, 0.15) is 25.0 Å². The molecule has 2 aromatic carbocycles. The quantitative estimate of drug-likeness (QED) is 0.0791. The fraction of sp³-hybridized carbons (Fsp3) is 0.515. The number of carbonyl (C=O) groups is 2. The van der Waals surface area contributed by atoms with Crippen molar-refractivity contribution < 1.29 is 84.0 Å². The molecule has 0 unspecified atom stereocenters. The molecule has 0 radical (unpaired) electrons. The van der Waals surface area contributed by atoms with Gasteiger partial charge in [0, 0.05) is 6.08 Å². The second-order valence-electron chi connectivity index (χ2n) is 12.2. The summed E-state index contributed by atoms with van der Waals surface area (Å²) in [6, 6.07) is 11.7. The van der Waals surface area contributed by atoms with Crippen LogP contribution in [0.25, 0.3) is 6.08 Å². The fourth-order valence-electron chi connectivity index (χ4n) is 5.10. The summed E-state index contributed by atoms with van der Waals surface area (Å²) < 4.78 is 33.0. The van der Waals surface area contributed by atoms with Gasteiger partial charge in [-0.25, -0.2) is 9.59 Å². The van der Waals surface area contributed by atoms with Gasteiger partial charge >= 0.3 is 11.9 Å². The first-order valence-electron chi connectivity index (χ1n) is 15.5. The Balaban J connectivity index is 1.46. The molecule has 9 N–H and O–H groups in total. The highest BCUT2D eigenvalue weighted by Crippen LogP contribution is 2.30. The maximum absolute atomic E-state index is 13.5. The van der Waals surface area contributed by atoms with Gasteiger partial charge in [-0.15, -0.1) is 0 Å². The van der Waals surface area contributed by atoms with Crippen molar-refractivity contribution >= 4 is 18.0 Å². The maximum Gasteiger partial charge on any atom is 0.350 e. The Labute approximate surface area is 286 Å². The van der Waals surface area contributed by atoms with E-state index >= 15 is 0 Å². The third-order valence-electron chi connectivity index (χ3n) is 8.06. The minimum absolute atomic E-state index is 0.00981. The standard InChI is InChI=1S/C33H42O17/c1-33(2,50-32-28(43)26(41)24(39)21(14-35)48-32)29(49-22(37)12-7-16-3-8-18(36)9-4-16)30(44)45-15-17-5-10-19(11-6-17)46-31-27(42)25(40)23(38)20(13-34)47-31/h3-12,20-21,23-29,31-32,34-36,38-43H,13-15H2,1-2H3/b12-7+/t20-,21-,23-,24-,25+,26+,27-,28-,29+,31-,32+/m1/s1. The zero-order chi connectivity index (χ0) is 36.7. The number of rotatable bonds is 13. The van der Waals surface area contributed by atoms with E-state index in [1.807, 2.05) is 0 Å². The first kappa shape index (κ1) is 39.1. The van der Waals surface area contributed by atoms with Gasteiger partial charge < -0.3 is 74.4 Å². The first-order valence-corrected chi connectivity index (χ1v) is 15.5. The van der Waals surface area contributed by atoms with E-state index in [2.05, 4.69) is 0 Å². The van der Waals surface area contributed by atoms with Crippen molar-refractivity contribution in [2.75, 3.05) is 13.2 Å². The van der Waals surface area contributed by atoms with Crippen LogP contribution in [0.2, 0.25) is 0 Å². The summed E-state index contributed by atoms with van der Waals surface area (Å²) in [7, 11) is 0. The van der Waals surface area contributed by atoms with Gasteiger partial charge in [0.05, 0.1) is 13.2 Å². The number of phenolic OH excluding ortho intramolecular Hbond substituents is 1. The average Bonchev–Trinajstić information content (AvgIpc) is 3.10. The molecule has 17 heteroatoms. The average molecular weight is 711 g/mol. The third kappa shape index (κ3) is 9.53. The van der Waals surface area contributed by atoms with Crippen LogP contribution in [0.15, 0.2) is 54.6 Å². The van der Waals surface area contributed by atoms with E-state index < -0.39 is 98.3 Å². The number of aliphatic hydroxyl groups excluding tert-OH is 8. The second-order valence-corrected chi connectivity index (χ2v) is 12.2. The second kappa shape index (κ2) is 17.0. The van der Waals surface area contributed by atoms with E-state index in [9.17, 15) is 55.5 Å². The van der Waals surface area contributed by atoms with E-state index in [0.717, 1.165) is 6.08 Å². The Bertz CT molecular complexity index is 1430. The van der Waals surface area contributed by atoms with E-state index in [0.29, 0.717) is 11.1 Å². The Morgan fingerprint density at radius 3 is 1.88 bits per heavy atom. The zero-order valence-electron chi connectivity index (χ0n) is 27.0. The topological polar surface area (TPSA) is 272 Å². The van der Waals surface area contributed by atoms with Crippen LogP contribution in [-0.4, -0.2) is 144 Å². The minimum atomic E-state index is -1.82. The number of esters is 2. The Kier molecular flexibility index (Phi) is 13.3. The largest absolute Gasteiger partial charge is 0.508 e. The Morgan fingerprint density at radius 1 is 0.780 bits per heavy atom. The molecular formula is C33H42O17. The molecule has 2 fully saturated rings. The predicted molar refractivity (Wildman–Crippen MR) is 167 cm³/mol. The number of aliphatic hydroxyl groups is 8. The molecule has 2 aromatic rings. The van der Waals surface area contributed by atoms with E-state index in [1.54, 1.807) is 0 Å². The summed E-state index contributed by atoms with van der Waals surface area (Å²) >= 11 is 0. The lowest BCUT2D eigenvalue weighted by molar-refractivity contribution is -0.330. The van der Waals surface area contributed by atoms with Crippen LogP contribution in [-0.2, 0) is 39.9 Å². The van der Waals surface area contributed by atoms with Crippen molar-refractivity contribution in [3.8, 4) is 11.5 Å². The highest BCUT2D eigenvalue weighted by molar-refractivity contribution is 5.89.